The van der Waals surface area contributed by atoms with Crippen LogP contribution in [0.4, 0.5) is 0 Å². The third kappa shape index (κ3) is 4.14. The van der Waals surface area contributed by atoms with Gasteiger partial charge in [-0.15, -0.1) is 0 Å². The first kappa shape index (κ1) is 17.0. The number of nitrogens with zero attached hydrogens (tertiary/aromatic N) is 3. The van der Waals surface area contributed by atoms with Gasteiger partial charge in [-0.2, -0.15) is 0 Å². The van der Waals surface area contributed by atoms with Gasteiger partial charge < -0.3 is 15.2 Å². The van der Waals surface area contributed by atoms with Crippen LogP contribution in [-0.2, 0) is 16.1 Å². The molecule has 0 unspecified atom stereocenters. The molecule has 24 heavy (non-hydrogen) atoms. The average Bonchev–Trinajstić information content (AvgIpc) is 3.25. The van der Waals surface area contributed by atoms with Crippen LogP contribution in [-0.4, -0.2) is 63.8 Å². The van der Waals surface area contributed by atoms with Crippen LogP contribution in [0.25, 0.3) is 0 Å². The van der Waals surface area contributed by atoms with E-state index in [0.29, 0.717) is 18.9 Å². The number of aromatic nitrogens is 2. The van der Waals surface area contributed by atoms with E-state index in [1.165, 1.54) is 0 Å². The number of likely N-dealkylation sites (tertiary alicyclic amines) is 2. The van der Waals surface area contributed by atoms with Crippen LogP contribution >= 0.6 is 0 Å². The van der Waals surface area contributed by atoms with Crippen LogP contribution in [0.3, 0.4) is 0 Å². The second-order valence-electron chi connectivity index (χ2n) is 6.91. The van der Waals surface area contributed by atoms with Gasteiger partial charge in [-0.3, -0.25) is 14.5 Å². The number of carbonyl (C=O) groups excluding carboxylic acids is 2. The minimum atomic E-state index is -0.0280. The number of amides is 2. The molecule has 2 aliphatic rings. The highest BCUT2D eigenvalue weighted by Gasteiger charge is 2.34. The molecule has 0 bridgehead atoms. The van der Waals surface area contributed by atoms with Crippen LogP contribution in [0.2, 0.25) is 0 Å². The highest BCUT2D eigenvalue weighted by atomic mass is 16.2. The van der Waals surface area contributed by atoms with Crippen LogP contribution in [0.1, 0.15) is 38.3 Å². The van der Waals surface area contributed by atoms with Gasteiger partial charge in [0.05, 0.1) is 12.9 Å². The molecule has 0 spiro atoms. The maximum atomic E-state index is 12.3. The third-order valence-corrected chi connectivity index (χ3v) is 4.98. The molecule has 0 saturated carbocycles. The highest BCUT2D eigenvalue weighted by molar-refractivity contribution is 5.86. The standard InChI is InChI=1S/C17H27N5O2/c1-2-4-13-8-21(9-14-7-18-12-19-14)10-15(13)20-16(23)11-22-6-3-5-17(22)24/h7,12-13,15H,2-6,8-11H2,1H3,(H,18,19)(H,20,23)/t13-,15-/m1/s1. The first-order valence-corrected chi connectivity index (χ1v) is 8.92. The summed E-state index contributed by atoms with van der Waals surface area (Å²) in [5.74, 6) is 0.540. The van der Waals surface area contributed by atoms with E-state index in [1.54, 1.807) is 11.2 Å². The van der Waals surface area contributed by atoms with Crippen LogP contribution in [0.15, 0.2) is 12.5 Å². The molecule has 2 atom stereocenters. The number of hydrogen-bond acceptors (Lipinski definition) is 4. The first-order chi connectivity index (χ1) is 11.7. The molecule has 2 saturated heterocycles. The molecule has 3 heterocycles. The van der Waals surface area contributed by atoms with Crippen LogP contribution < -0.4 is 5.32 Å². The Balaban J connectivity index is 1.53. The summed E-state index contributed by atoms with van der Waals surface area (Å²) < 4.78 is 0. The summed E-state index contributed by atoms with van der Waals surface area (Å²) in [4.78, 5) is 35.2. The fourth-order valence-corrected chi connectivity index (χ4v) is 3.83. The highest BCUT2D eigenvalue weighted by Crippen LogP contribution is 2.23. The molecule has 2 fully saturated rings. The molecule has 0 aliphatic carbocycles. The quantitative estimate of drug-likeness (QED) is 0.771. The number of H-pyrrole nitrogens is 1. The zero-order valence-corrected chi connectivity index (χ0v) is 14.3. The van der Waals surface area contributed by atoms with Crippen LogP contribution in [0, 0.1) is 5.92 Å². The lowest BCUT2D eigenvalue weighted by Crippen LogP contribution is -2.45. The maximum Gasteiger partial charge on any atom is 0.239 e. The fraction of sp³-hybridized carbons (Fsp3) is 0.706. The van der Waals surface area contributed by atoms with E-state index in [-0.39, 0.29) is 24.4 Å². The lowest BCUT2D eigenvalue weighted by atomic mass is 9.98. The number of nitrogens with one attached hydrogen (secondary N) is 2. The number of hydrogen-bond donors (Lipinski definition) is 2. The van der Waals surface area contributed by atoms with E-state index >= 15 is 0 Å². The molecule has 7 nitrogen and oxygen atoms in total. The normalized spacial score (nSPS) is 24.7. The second-order valence-corrected chi connectivity index (χ2v) is 6.91. The summed E-state index contributed by atoms with van der Waals surface area (Å²) in [7, 11) is 0. The third-order valence-electron chi connectivity index (χ3n) is 4.98. The molecule has 3 rings (SSSR count). The number of imidazole rings is 1. The largest absolute Gasteiger partial charge is 0.350 e. The minimum Gasteiger partial charge on any atom is -0.350 e. The summed E-state index contributed by atoms with van der Waals surface area (Å²) in [5, 5.41) is 3.17. The monoisotopic (exact) mass is 333 g/mol. The predicted molar refractivity (Wildman–Crippen MR) is 90.0 cm³/mol. The molecule has 1 aromatic rings. The van der Waals surface area contributed by atoms with Crippen molar-refractivity contribution in [1.82, 2.24) is 25.1 Å². The van der Waals surface area contributed by atoms with E-state index in [0.717, 1.165) is 44.6 Å². The van der Waals surface area contributed by atoms with Gasteiger partial charge in [-0.05, 0) is 18.8 Å². The Labute approximate surface area is 142 Å². The summed E-state index contributed by atoms with van der Waals surface area (Å²) in [6, 6.07) is 0.165. The Bertz CT molecular complexity index is 559. The van der Waals surface area contributed by atoms with Crippen molar-refractivity contribution in [2.24, 2.45) is 5.92 Å². The van der Waals surface area contributed by atoms with E-state index in [2.05, 4.69) is 27.1 Å². The predicted octanol–water partition coefficient (Wildman–Crippen LogP) is 0.749. The summed E-state index contributed by atoms with van der Waals surface area (Å²) in [6.45, 7) is 5.76. The van der Waals surface area contributed by atoms with Gasteiger partial charge >= 0.3 is 0 Å². The van der Waals surface area contributed by atoms with Gasteiger partial charge in [0.1, 0.15) is 0 Å². The SMILES string of the molecule is CCC[C@@H]1CN(Cc2cnc[nH]2)C[C@H]1NC(=O)CN1CCCC1=O. The molecular formula is C17H27N5O2. The van der Waals surface area contributed by atoms with Gasteiger partial charge in [-0.25, -0.2) is 4.98 Å². The Morgan fingerprint density at radius 3 is 3.00 bits per heavy atom. The van der Waals surface area contributed by atoms with Crippen molar-refractivity contribution in [3.63, 3.8) is 0 Å². The molecule has 2 N–H and O–H groups in total. The van der Waals surface area contributed by atoms with Gasteiger partial charge in [0.2, 0.25) is 11.8 Å². The van der Waals surface area contributed by atoms with Gasteiger partial charge in [-0.1, -0.05) is 13.3 Å². The van der Waals surface area contributed by atoms with Gasteiger partial charge in [0.15, 0.2) is 0 Å². The molecule has 0 radical (unpaired) electrons. The van der Waals surface area contributed by atoms with E-state index in [4.69, 9.17) is 0 Å². The van der Waals surface area contributed by atoms with Crippen molar-refractivity contribution in [3.05, 3.63) is 18.2 Å². The number of aromatic amines is 1. The minimum absolute atomic E-state index is 0.0280. The zero-order chi connectivity index (χ0) is 16.9. The smallest absolute Gasteiger partial charge is 0.239 e. The average molecular weight is 333 g/mol. The molecule has 132 valence electrons. The fourth-order valence-electron chi connectivity index (χ4n) is 3.83. The van der Waals surface area contributed by atoms with Gasteiger partial charge in [0, 0.05) is 50.5 Å². The van der Waals surface area contributed by atoms with Crippen molar-refractivity contribution >= 4 is 11.8 Å². The summed E-state index contributed by atoms with van der Waals surface area (Å²) in [5.41, 5.74) is 1.10. The van der Waals surface area contributed by atoms with Crippen molar-refractivity contribution < 1.29 is 9.59 Å². The van der Waals surface area contributed by atoms with Crippen molar-refractivity contribution in [2.75, 3.05) is 26.2 Å². The summed E-state index contributed by atoms with van der Waals surface area (Å²) in [6.07, 6.45) is 7.20. The maximum absolute atomic E-state index is 12.3. The van der Waals surface area contributed by atoms with E-state index in [1.807, 2.05) is 6.20 Å². The molecule has 7 heteroatoms. The molecule has 2 aliphatic heterocycles. The molecular weight excluding hydrogens is 306 g/mol. The Kier molecular flexibility index (Phi) is 5.50. The molecule has 2 amide bonds. The Hall–Kier alpha value is -1.89. The topological polar surface area (TPSA) is 81.3 Å². The van der Waals surface area contributed by atoms with Crippen molar-refractivity contribution in [1.29, 1.82) is 0 Å². The summed E-state index contributed by atoms with van der Waals surface area (Å²) >= 11 is 0. The lowest BCUT2D eigenvalue weighted by molar-refractivity contribution is -0.133. The van der Waals surface area contributed by atoms with Gasteiger partial charge in [0.25, 0.3) is 0 Å². The lowest BCUT2D eigenvalue weighted by Gasteiger charge is -2.21. The first-order valence-electron chi connectivity index (χ1n) is 8.92. The Morgan fingerprint density at radius 2 is 2.33 bits per heavy atom. The molecule has 1 aromatic heterocycles. The van der Waals surface area contributed by atoms with E-state index in [9.17, 15) is 9.59 Å². The van der Waals surface area contributed by atoms with Crippen molar-refractivity contribution in [3.8, 4) is 0 Å². The van der Waals surface area contributed by atoms with E-state index < -0.39 is 0 Å². The Morgan fingerprint density at radius 1 is 1.46 bits per heavy atom. The molecule has 0 aromatic carbocycles. The number of rotatable bonds is 7. The zero-order valence-electron chi connectivity index (χ0n) is 14.3. The van der Waals surface area contributed by atoms with Crippen LogP contribution in [0.5, 0.6) is 0 Å². The van der Waals surface area contributed by atoms with Crippen molar-refractivity contribution in [2.45, 2.75) is 45.2 Å². The number of carbonyl (C=O) groups is 2. The second kappa shape index (κ2) is 7.79.